The maximum atomic E-state index is 12.9. The molecule has 1 N–H and O–H groups in total. The van der Waals surface area contributed by atoms with Crippen LogP contribution in [-0.4, -0.2) is 28.4 Å². The molecule has 24 heavy (non-hydrogen) atoms. The lowest BCUT2D eigenvalue weighted by Gasteiger charge is -2.35. The summed E-state index contributed by atoms with van der Waals surface area (Å²) in [4.78, 5) is 19.2. The van der Waals surface area contributed by atoms with Crippen molar-refractivity contribution >= 4 is 17.3 Å². The van der Waals surface area contributed by atoms with Crippen molar-refractivity contribution in [1.29, 1.82) is 0 Å². The molecule has 1 atom stereocenters. The third kappa shape index (κ3) is 3.58. The summed E-state index contributed by atoms with van der Waals surface area (Å²) in [7, 11) is 0. The highest BCUT2D eigenvalue weighted by Gasteiger charge is 2.26. The molecule has 4 nitrogen and oxygen atoms in total. The monoisotopic (exact) mass is 323 g/mol. The number of piperidine rings is 1. The van der Waals surface area contributed by atoms with Gasteiger partial charge in [0.15, 0.2) is 0 Å². The van der Waals surface area contributed by atoms with E-state index in [0.29, 0.717) is 11.6 Å². The van der Waals surface area contributed by atoms with Crippen molar-refractivity contribution in [2.75, 3.05) is 11.9 Å². The van der Waals surface area contributed by atoms with Crippen molar-refractivity contribution in [1.82, 2.24) is 9.88 Å². The molecule has 0 radical (unpaired) electrons. The Bertz CT molecular complexity index is 714. The maximum absolute atomic E-state index is 12.9. The van der Waals surface area contributed by atoms with Gasteiger partial charge in [-0.05, 0) is 50.3 Å². The van der Waals surface area contributed by atoms with Gasteiger partial charge in [-0.3, -0.25) is 9.78 Å². The number of pyridine rings is 1. The highest BCUT2D eigenvalue weighted by atomic mass is 16.2. The first-order valence-corrected chi connectivity index (χ1v) is 8.77. The third-order valence-corrected chi connectivity index (χ3v) is 4.77. The molecule has 2 heterocycles. The molecule has 1 aliphatic rings. The van der Waals surface area contributed by atoms with Crippen molar-refractivity contribution in [3.05, 3.63) is 53.9 Å². The van der Waals surface area contributed by atoms with Gasteiger partial charge >= 0.3 is 0 Å². The van der Waals surface area contributed by atoms with Crippen LogP contribution in [0.5, 0.6) is 0 Å². The number of carbonyl (C=O) groups is 1. The molecule has 0 bridgehead atoms. The van der Waals surface area contributed by atoms with E-state index < -0.39 is 0 Å². The molecule has 4 heteroatoms. The Kier molecular flexibility index (Phi) is 5.14. The van der Waals surface area contributed by atoms with Gasteiger partial charge < -0.3 is 10.2 Å². The van der Waals surface area contributed by atoms with Crippen LogP contribution in [-0.2, 0) is 0 Å². The average Bonchev–Trinajstić information content (AvgIpc) is 2.63. The number of para-hydroxylation sites is 1. The summed E-state index contributed by atoms with van der Waals surface area (Å²) in [6.45, 7) is 5.07. The third-order valence-electron chi connectivity index (χ3n) is 4.77. The van der Waals surface area contributed by atoms with Crippen molar-refractivity contribution in [3.8, 4) is 0 Å². The van der Waals surface area contributed by atoms with E-state index in [9.17, 15) is 4.79 Å². The molecule has 126 valence electrons. The molecular formula is C20H25N3O. The molecule has 2 aromatic rings. The first-order chi connectivity index (χ1) is 11.7. The zero-order chi connectivity index (χ0) is 16.9. The van der Waals surface area contributed by atoms with Crippen LogP contribution in [0.1, 0.15) is 48.5 Å². The predicted molar refractivity (Wildman–Crippen MR) is 97.7 cm³/mol. The molecular weight excluding hydrogens is 298 g/mol. The number of hydrogen-bond donors (Lipinski definition) is 1. The number of rotatable bonds is 4. The Hall–Kier alpha value is -2.36. The smallest absolute Gasteiger partial charge is 0.255 e. The molecule has 3 rings (SSSR count). The van der Waals surface area contributed by atoms with Gasteiger partial charge in [-0.15, -0.1) is 0 Å². The van der Waals surface area contributed by atoms with Crippen LogP contribution in [0.25, 0.3) is 0 Å². The fourth-order valence-electron chi connectivity index (χ4n) is 3.35. The van der Waals surface area contributed by atoms with Crippen molar-refractivity contribution in [3.63, 3.8) is 0 Å². The number of likely N-dealkylation sites (tertiary alicyclic amines) is 1. The normalized spacial score (nSPS) is 17.6. The Morgan fingerprint density at radius 3 is 2.92 bits per heavy atom. The molecule has 1 fully saturated rings. The summed E-state index contributed by atoms with van der Waals surface area (Å²) in [5.41, 5.74) is 3.71. The lowest BCUT2D eigenvalue weighted by atomic mass is 9.99. The van der Waals surface area contributed by atoms with Crippen molar-refractivity contribution in [2.24, 2.45) is 0 Å². The highest BCUT2D eigenvalue weighted by Crippen LogP contribution is 2.24. The summed E-state index contributed by atoms with van der Waals surface area (Å²) in [6.07, 6.45) is 7.87. The Morgan fingerprint density at radius 1 is 1.29 bits per heavy atom. The van der Waals surface area contributed by atoms with Crippen LogP contribution in [0, 0.1) is 6.92 Å². The van der Waals surface area contributed by atoms with Gasteiger partial charge in [0.05, 0.1) is 17.4 Å². The quantitative estimate of drug-likeness (QED) is 0.898. The summed E-state index contributed by atoms with van der Waals surface area (Å²) in [5.74, 6) is 0.0995. The van der Waals surface area contributed by atoms with Crippen LogP contribution in [0.2, 0.25) is 0 Å². The number of aryl methyl sites for hydroxylation is 1. The lowest BCUT2D eigenvalue weighted by Crippen LogP contribution is -2.43. The van der Waals surface area contributed by atoms with Crippen LogP contribution in [0.4, 0.5) is 11.4 Å². The van der Waals surface area contributed by atoms with Crippen LogP contribution in [0.15, 0.2) is 42.7 Å². The second-order valence-electron chi connectivity index (χ2n) is 6.46. The molecule has 1 aliphatic heterocycles. The van der Waals surface area contributed by atoms with Gasteiger partial charge in [0.2, 0.25) is 0 Å². The van der Waals surface area contributed by atoms with Gasteiger partial charge in [-0.1, -0.05) is 25.1 Å². The predicted octanol–water partition coefficient (Wildman–Crippen LogP) is 4.54. The number of nitrogens with one attached hydrogen (secondary N) is 1. The summed E-state index contributed by atoms with van der Waals surface area (Å²) in [5, 5.41) is 3.36. The summed E-state index contributed by atoms with van der Waals surface area (Å²) >= 11 is 0. The van der Waals surface area contributed by atoms with Gasteiger partial charge in [-0.2, -0.15) is 0 Å². The fraction of sp³-hybridized carbons (Fsp3) is 0.400. The molecule has 1 amide bonds. The summed E-state index contributed by atoms with van der Waals surface area (Å²) < 4.78 is 0. The SMILES string of the molecule is CCC1CCCCN1C(=O)c1cncc(Nc2ccccc2C)c1. The number of amides is 1. The minimum absolute atomic E-state index is 0.0995. The number of anilines is 2. The second-order valence-corrected chi connectivity index (χ2v) is 6.46. The highest BCUT2D eigenvalue weighted by molar-refractivity contribution is 5.95. The summed E-state index contributed by atoms with van der Waals surface area (Å²) in [6, 6.07) is 10.4. The number of nitrogens with zero attached hydrogens (tertiary/aromatic N) is 2. The molecule has 0 saturated carbocycles. The van der Waals surface area contributed by atoms with E-state index in [1.165, 1.54) is 6.42 Å². The molecule has 1 aromatic heterocycles. The van der Waals surface area contributed by atoms with Crippen molar-refractivity contribution < 1.29 is 4.79 Å². The van der Waals surface area contributed by atoms with Gasteiger partial charge in [0, 0.05) is 24.5 Å². The lowest BCUT2D eigenvalue weighted by molar-refractivity contribution is 0.0607. The maximum Gasteiger partial charge on any atom is 0.255 e. The Morgan fingerprint density at radius 2 is 2.12 bits per heavy atom. The van der Waals surface area contributed by atoms with E-state index in [-0.39, 0.29) is 5.91 Å². The van der Waals surface area contributed by atoms with E-state index in [2.05, 4.69) is 30.2 Å². The number of aromatic nitrogens is 1. The first kappa shape index (κ1) is 16.5. The minimum atomic E-state index is 0.0995. The minimum Gasteiger partial charge on any atom is -0.354 e. The van der Waals surface area contributed by atoms with E-state index in [0.717, 1.165) is 42.7 Å². The van der Waals surface area contributed by atoms with Crippen LogP contribution >= 0.6 is 0 Å². The number of hydrogen-bond acceptors (Lipinski definition) is 3. The van der Waals surface area contributed by atoms with E-state index >= 15 is 0 Å². The topological polar surface area (TPSA) is 45.2 Å². The van der Waals surface area contributed by atoms with E-state index in [4.69, 9.17) is 0 Å². The number of benzene rings is 1. The van der Waals surface area contributed by atoms with Gasteiger partial charge in [0.25, 0.3) is 5.91 Å². The van der Waals surface area contributed by atoms with E-state index in [1.54, 1.807) is 12.4 Å². The fourth-order valence-corrected chi connectivity index (χ4v) is 3.35. The molecule has 0 aliphatic carbocycles. The first-order valence-electron chi connectivity index (χ1n) is 8.77. The van der Waals surface area contributed by atoms with Gasteiger partial charge in [0.1, 0.15) is 0 Å². The second kappa shape index (κ2) is 7.47. The molecule has 1 saturated heterocycles. The molecule has 1 unspecified atom stereocenters. The zero-order valence-corrected chi connectivity index (χ0v) is 14.5. The Labute approximate surface area is 143 Å². The average molecular weight is 323 g/mol. The Balaban J connectivity index is 1.79. The van der Waals surface area contributed by atoms with Crippen LogP contribution in [0.3, 0.4) is 0 Å². The van der Waals surface area contributed by atoms with Crippen LogP contribution < -0.4 is 5.32 Å². The van der Waals surface area contributed by atoms with E-state index in [1.807, 2.05) is 29.2 Å². The zero-order valence-electron chi connectivity index (χ0n) is 14.5. The van der Waals surface area contributed by atoms with Crippen molar-refractivity contribution in [2.45, 2.75) is 45.6 Å². The molecule has 0 spiro atoms. The molecule has 1 aromatic carbocycles. The standard InChI is InChI=1S/C20H25N3O/c1-3-18-9-6-7-11-23(18)20(24)16-12-17(14-21-13-16)22-19-10-5-4-8-15(19)2/h4-5,8,10,12-14,18,22H,3,6-7,9,11H2,1-2H3. The largest absolute Gasteiger partial charge is 0.354 e. The van der Waals surface area contributed by atoms with Gasteiger partial charge in [-0.25, -0.2) is 0 Å². The number of carbonyl (C=O) groups excluding carboxylic acids is 1.